The summed E-state index contributed by atoms with van der Waals surface area (Å²) in [4.78, 5) is 0. The highest BCUT2D eigenvalue weighted by molar-refractivity contribution is 7.91. The molecule has 1 aromatic heterocycles. The van der Waals surface area contributed by atoms with Crippen molar-refractivity contribution in [2.45, 2.75) is 37.1 Å². The number of halogens is 1. The average molecular weight is 309 g/mol. The number of sulfonamides is 1. The summed E-state index contributed by atoms with van der Waals surface area (Å²) >= 11 is 7.04. The Morgan fingerprint density at radius 2 is 2.22 bits per heavy atom. The fourth-order valence-corrected chi connectivity index (χ4v) is 5.61. The lowest BCUT2D eigenvalue weighted by Crippen LogP contribution is -2.52. The van der Waals surface area contributed by atoms with E-state index in [4.69, 9.17) is 17.3 Å². The van der Waals surface area contributed by atoms with E-state index in [9.17, 15) is 8.42 Å². The van der Waals surface area contributed by atoms with E-state index in [0.29, 0.717) is 10.9 Å². The van der Waals surface area contributed by atoms with Crippen molar-refractivity contribution in [2.24, 2.45) is 11.7 Å². The van der Waals surface area contributed by atoms with Gasteiger partial charge in [0.1, 0.15) is 4.21 Å². The monoisotopic (exact) mass is 308 g/mol. The van der Waals surface area contributed by atoms with Crippen LogP contribution in [0.5, 0.6) is 0 Å². The van der Waals surface area contributed by atoms with E-state index in [1.807, 2.05) is 6.92 Å². The first kappa shape index (κ1) is 14.3. The number of hydrogen-bond acceptors (Lipinski definition) is 4. The minimum Gasteiger partial charge on any atom is -0.315 e. The van der Waals surface area contributed by atoms with Crippen LogP contribution in [-0.4, -0.2) is 25.4 Å². The van der Waals surface area contributed by atoms with Gasteiger partial charge in [0.25, 0.3) is 10.0 Å². The summed E-state index contributed by atoms with van der Waals surface area (Å²) in [5, 5.41) is 0. The Morgan fingerprint density at radius 3 is 2.78 bits per heavy atom. The van der Waals surface area contributed by atoms with E-state index in [1.165, 1.54) is 4.31 Å². The summed E-state index contributed by atoms with van der Waals surface area (Å²) in [6.45, 7) is 4.28. The maximum atomic E-state index is 12.5. The van der Waals surface area contributed by atoms with Crippen molar-refractivity contribution in [3.8, 4) is 0 Å². The van der Waals surface area contributed by atoms with Crippen LogP contribution >= 0.6 is 22.9 Å². The zero-order valence-corrected chi connectivity index (χ0v) is 12.8. The zero-order valence-electron chi connectivity index (χ0n) is 10.4. The van der Waals surface area contributed by atoms with Crippen molar-refractivity contribution in [1.82, 2.24) is 4.31 Å². The standard InChI is InChI=1S/C11H17ClN2O2S2/c1-7-4-3-5-14(11(7)13)18(15,16)9-6-8(2)10(12)17-9/h6-7,11H,3-5,13H2,1-2H3. The molecule has 0 radical (unpaired) electrons. The fourth-order valence-electron chi connectivity index (χ4n) is 2.13. The molecule has 1 aliphatic rings. The molecule has 2 N–H and O–H groups in total. The minimum atomic E-state index is -3.50. The van der Waals surface area contributed by atoms with Crippen LogP contribution in [0.15, 0.2) is 10.3 Å². The molecule has 1 saturated heterocycles. The van der Waals surface area contributed by atoms with Gasteiger partial charge in [0.05, 0.1) is 10.5 Å². The van der Waals surface area contributed by atoms with Crippen LogP contribution in [0.2, 0.25) is 4.34 Å². The average Bonchev–Trinajstić information content (AvgIpc) is 2.63. The Kier molecular flexibility index (Phi) is 4.04. The second kappa shape index (κ2) is 5.09. The van der Waals surface area contributed by atoms with Gasteiger partial charge < -0.3 is 5.73 Å². The van der Waals surface area contributed by atoms with Crippen molar-refractivity contribution in [3.63, 3.8) is 0 Å². The summed E-state index contributed by atoms with van der Waals surface area (Å²) in [5.41, 5.74) is 6.80. The minimum absolute atomic E-state index is 0.185. The third kappa shape index (κ3) is 2.44. The highest BCUT2D eigenvalue weighted by atomic mass is 35.5. The maximum Gasteiger partial charge on any atom is 0.253 e. The zero-order chi connectivity index (χ0) is 13.5. The van der Waals surface area contributed by atoms with Gasteiger partial charge >= 0.3 is 0 Å². The van der Waals surface area contributed by atoms with E-state index in [2.05, 4.69) is 0 Å². The number of aryl methyl sites for hydroxylation is 1. The van der Waals surface area contributed by atoms with Crippen molar-refractivity contribution >= 4 is 33.0 Å². The molecule has 0 aromatic carbocycles. The van der Waals surface area contributed by atoms with E-state index < -0.39 is 16.2 Å². The van der Waals surface area contributed by atoms with Crippen LogP contribution in [0.4, 0.5) is 0 Å². The molecule has 0 bridgehead atoms. The number of nitrogens with two attached hydrogens (primary N) is 1. The number of rotatable bonds is 2. The van der Waals surface area contributed by atoms with Gasteiger partial charge in [-0.3, -0.25) is 0 Å². The van der Waals surface area contributed by atoms with Gasteiger partial charge in [-0.15, -0.1) is 11.3 Å². The molecule has 2 heterocycles. The van der Waals surface area contributed by atoms with Gasteiger partial charge in [0.2, 0.25) is 0 Å². The Balaban J connectivity index is 2.36. The molecule has 0 spiro atoms. The number of nitrogens with zero attached hydrogens (tertiary/aromatic N) is 1. The quantitative estimate of drug-likeness (QED) is 0.912. The summed E-state index contributed by atoms with van der Waals surface area (Å²) < 4.78 is 27.2. The number of hydrogen-bond donors (Lipinski definition) is 1. The van der Waals surface area contributed by atoms with Crippen LogP contribution in [-0.2, 0) is 10.0 Å². The molecule has 2 unspecified atom stereocenters. The van der Waals surface area contributed by atoms with Crippen molar-refractivity contribution in [2.75, 3.05) is 6.54 Å². The predicted molar refractivity (Wildman–Crippen MR) is 74.3 cm³/mol. The van der Waals surface area contributed by atoms with Crippen molar-refractivity contribution < 1.29 is 8.42 Å². The normalized spacial score (nSPS) is 26.4. The molecule has 2 atom stereocenters. The van der Waals surface area contributed by atoms with Crippen molar-refractivity contribution in [1.29, 1.82) is 0 Å². The molecule has 0 amide bonds. The lowest BCUT2D eigenvalue weighted by Gasteiger charge is -2.35. The molecule has 102 valence electrons. The first-order valence-electron chi connectivity index (χ1n) is 5.87. The molecule has 0 saturated carbocycles. The van der Waals surface area contributed by atoms with Gasteiger partial charge in [-0.25, -0.2) is 8.42 Å². The molecular weight excluding hydrogens is 292 g/mol. The highest BCUT2D eigenvalue weighted by Crippen LogP contribution is 2.34. The smallest absolute Gasteiger partial charge is 0.253 e. The number of thiophene rings is 1. The summed E-state index contributed by atoms with van der Waals surface area (Å²) in [6.07, 6.45) is 1.38. The molecule has 0 aliphatic carbocycles. The largest absolute Gasteiger partial charge is 0.315 e. The van der Waals surface area contributed by atoms with Crippen LogP contribution in [0.25, 0.3) is 0 Å². The van der Waals surface area contributed by atoms with Crippen LogP contribution in [0.3, 0.4) is 0 Å². The molecule has 4 nitrogen and oxygen atoms in total. The summed E-state index contributed by atoms with van der Waals surface area (Å²) in [7, 11) is -3.50. The third-order valence-electron chi connectivity index (χ3n) is 3.35. The lowest BCUT2D eigenvalue weighted by molar-refractivity contribution is 0.192. The van der Waals surface area contributed by atoms with Gasteiger partial charge in [-0.2, -0.15) is 4.31 Å². The van der Waals surface area contributed by atoms with E-state index in [1.54, 1.807) is 13.0 Å². The first-order valence-corrected chi connectivity index (χ1v) is 8.51. The van der Waals surface area contributed by atoms with Gasteiger partial charge in [-0.1, -0.05) is 18.5 Å². The number of piperidine rings is 1. The molecule has 1 aromatic rings. The molecule has 7 heteroatoms. The van der Waals surface area contributed by atoms with Crippen LogP contribution in [0.1, 0.15) is 25.3 Å². The van der Waals surface area contributed by atoms with Gasteiger partial charge in [0, 0.05) is 6.54 Å². The summed E-state index contributed by atoms with van der Waals surface area (Å²) in [6, 6.07) is 1.62. The second-order valence-electron chi connectivity index (χ2n) is 4.75. The maximum absolute atomic E-state index is 12.5. The lowest BCUT2D eigenvalue weighted by atomic mass is 9.99. The van der Waals surface area contributed by atoms with E-state index >= 15 is 0 Å². The SMILES string of the molecule is Cc1cc(S(=O)(=O)N2CCCC(C)C2N)sc1Cl. The molecule has 2 rings (SSSR count). The second-order valence-corrected chi connectivity index (χ2v) is 8.52. The fraction of sp³-hybridized carbons (Fsp3) is 0.636. The van der Waals surface area contributed by atoms with Gasteiger partial charge in [-0.05, 0) is 37.3 Å². The van der Waals surface area contributed by atoms with E-state index in [-0.39, 0.29) is 10.1 Å². The Morgan fingerprint density at radius 1 is 1.56 bits per heavy atom. The molecular formula is C11H17ClN2O2S2. The van der Waals surface area contributed by atoms with Crippen LogP contribution in [0, 0.1) is 12.8 Å². The Hall–Kier alpha value is -0.140. The Bertz CT molecular complexity index is 522. The summed E-state index contributed by atoms with van der Waals surface area (Å²) in [5.74, 6) is 0.185. The first-order chi connectivity index (χ1) is 8.34. The van der Waals surface area contributed by atoms with E-state index in [0.717, 1.165) is 29.7 Å². The topological polar surface area (TPSA) is 63.4 Å². The van der Waals surface area contributed by atoms with Crippen molar-refractivity contribution in [3.05, 3.63) is 16.0 Å². The highest BCUT2D eigenvalue weighted by Gasteiger charge is 2.36. The molecule has 1 fully saturated rings. The van der Waals surface area contributed by atoms with Gasteiger partial charge in [0.15, 0.2) is 0 Å². The molecule has 18 heavy (non-hydrogen) atoms. The molecule has 1 aliphatic heterocycles. The third-order valence-corrected chi connectivity index (χ3v) is 7.25. The Labute approximate surface area is 117 Å². The van der Waals surface area contributed by atoms with Crippen LogP contribution < -0.4 is 5.73 Å². The predicted octanol–water partition coefficient (Wildman–Crippen LogP) is 2.42.